The Morgan fingerprint density at radius 3 is 2.46 bits per heavy atom. The van der Waals surface area contributed by atoms with E-state index in [2.05, 4.69) is 41.0 Å². The zero-order valence-electron chi connectivity index (χ0n) is 17.6. The van der Waals surface area contributed by atoms with Crippen LogP contribution >= 0.6 is 0 Å². The first-order valence-corrected chi connectivity index (χ1v) is 9.92. The third-order valence-corrected chi connectivity index (χ3v) is 5.03. The SMILES string of the molecule is Cc1nccc(N2CCN(C(=O)c3cccc(NCC(C)(C)C)c3C)CC2)n1. The molecule has 2 heterocycles. The Morgan fingerprint density at radius 1 is 1.11 bits per heavy atom. The number of benzene rings is 1. The summed E-state index contributed by atoms with van der Waals surface area (Å²) in [6, 6.07) is 7.87. The molecule has 1 saturated heterocycles. The fourth-order valence-electron chi connectivity index (χ4n) is 3.35. The van der Waals surface area contributed by atoms with Crippen molar-refractivity contribution in [3.05, 3.63) is 47.4 Å². The number of aryl methyl sites for hydroxylation is 1. The van der Waals surface area contributed by atoms with Gasteiger partial charge in [-0.15, -0.1) is 0 Å². The molecular formula is C22H31N5O. The van der Waals surface area contributed by atoms with Crippen LogP contribution < -0.4 is 10.2 Å². The summed E-state index contributed by atoms with van der Waals surface area (Å²) in [6.45, 7) is 14.3. The standard InChI is InChI=1S/C22H31N5O/c1-16-18(7-6-8-19(16)24-15-22(3,4)5)21(28)27-13-11-26(12-14-27)20-9-10-23-17(2)25-20/h6-10,24H,11-15H2,1-5H3. The van der Waals surface area contributed by atoms with Crippen LogP contribution in [0, 0.1) is 19.3 Å². The molecule has 150 valence electrons. The Hall–Kier alpha value is -2.63. The van der Waals surface area contributed by atoms with Crippen molar-refractivity contribution in [2.45, 2.75) is 34.6 Å². The van der Waals surface area contributed by atoms with Gasteiger partial charge in [-0.05, 0) is 43.0 Å². The fraction of sp³-hybridized carbons (Fsp3) is 0.500. The molecule has 0 bridgehead atoms. The molecule has 0 saturated carbocycles. The van der Waals surface area contributed by atoms with Gasteiger partial charge >= 0.3 is 0 Å². The fourth-order valence-corrected chi connectivity index (χ4v) is 3.35. The van der Waals surface area contributed by atoms with E-state index in [-0.39, 0.29) is 11.3 Å². The van der Waals surface area contributed by atoms with E-state index in [1.165, 1.54) is 0 Å². The molecule has 1 fully saturated rings. The van der Waals surface area contributed by atoms with Crippen LogP contribution in [0.25, 0.3) is 0 Å². The number of hydrogen-bond acceptors (Lipinski definition) is 5. The third kappa shape index (κ3) is 4.80. The van der Waals surface area contributed by atoms with Crippen molar-refractivity contribution in [3.63, 3.8) is 0 Å². The molecule has 0 atom stereocenters. The number of piperazine rings is 1. The summed E-state index contributed by atoms with van der Waals surface area (Å²) < 4.78 is 0. The summed E-state index contributed by atoms with van der Waals surface area (Å²) in [7, 11) is 0. The molecule has 6 heteroatoms. The van der Waals surface area contributed by atoms with Crippen molar-refractivity contribution in [1.29, 1.82) is 0 Å². The number of rotatable bonds is 4. The van der Waals surface area contributed by atoms with Crippen molar-refractivity contribution in [1.82, 2.24) is 14.9 Å². The number of hydrogen-bond donors (Lipinski definition) is 1. The molecule has 1 aromatic heterocycles. The smallest absolute Gasteiger partial charge is 0.254 e. The van der Waals surface area contributed by atoms with Crippen LogP contribution in [0.15, 0.2) is 30.5 Å². The number of nitrogens with zero attached hydrogens (tertiary/aromatic N) is 4. The van der Waals surface area contributed by atoms with E-state index in [1.807, 2.05) is 43.0 Å². The first kappa shape index (κ1) is 20.1. The average molecular weight is 382 g/mol. The molecule has 2 aromatic rings. The number of aromatic nitrogens is 2. The summed E-state index contributed by atoms with van der Waals surface area (Å²) in [5.41, 5.74) is 3.02. The number of amides is 1. The molecule has 0 unspecified atom stereocenters. The third-order valence-electron chi connectivity index (χ3n) is 5.03. The monoisotopic (exact) mass is 381 g/mol. The Bertz CT molecular complexity index is 835. The van der Waals surface area contributed by atoms with Crippen LogP contribution in [0.1, 0.15) is 42.5 Å². The molecule has 1 N–H and O–H groups in total. The lowest BCUT2D eigenvalue weighted by molar-refractivity contribution is 0.0746. The summed E-state index contributed by atoms with van der Waals surface area (Å²) in [5, 5.41) is 3.49. The van der Waals surface area contributed by atoms with Crippen molar-refractivity contribution in [2.24, 2.45) is 5.41 Å². The van der Waals surface area contributed by atoms with E-state index in [0.29, 0.717) is 13.1 Å². The quantitative estimate of drug-likeness (QED) is 0.878. The summed E-state index contributed by atoms with van der Waals surface area (Å²) >= 11 is 0. The van der Waals surface area contributed by atoms with Crippen LogP contribution in [0.4, 0.5) is 11.5 Å². The van der Waals surface area contributed by atoms with Gasteiger partial charge in [0.15, 0.2) is 0 Å². The second kappa shape index (κ2) is 8.17. The topological polar surface area (TPSA) is 61.4 Å². The summed E-state index contributed by atoms with van der Waals surface area (Å²) in [6.07, 6.45) is 1.79. The lowest BCUT2D eigenvalue weighted by Gasteiger charge is -2.35. The number of anilines is 2. The molecule has 0 aliphatic carbocycles. The highest BCUT2D eigenvalue weighted by molar-refractivity contribution is 5.97. The molecular weight excluding hydrogens is 350 g/mol. The molecule has 3 rings (SSSR count). The van der Waals surface area contributed by atoms with Crippen molar-refractivity contribution in [2.75, 3.05) is 42.9 Å². The van der Waals surface area contributed by atoms with Gasteiger partial charge in [0.1, 0.15) is 11.6 Å². The molecule has 6 nitrogen and oxygen atoms in total. The highest BCUT2D eigenvalue weighted by Gasteiger charge is 2.24. The number of carbonyl (C=O) groups is 1. The zero-order valence-corrected chi connectivity index (χ0v) is 17.6. The van der Waals surface area contributed by atoms with Gasteiger partial charge < -0.3 is 15.1 Å². The van der Waals surface area contributed by atoms with Crippen LogP contribution in [-0.2, 0) is 0 Å². The van der Waals surface area contributed by atoms with Crippen LogP contribution in [0.3, 0.4) is 0 Å². The highest BCUT2D eigenvalue weighted by Crippen LogP contribution is 2.23. The molecule has 0 radical (unpaired) electrons. The van der Waals surface area contributed by atoms with Gasteiger partial charge in [-0.2, -0.15) is 0 Å². The maximum atomic E-state index is 13.1. The molecule has 0 spiro atoms. The Balaban J connectivity index is 1.66. The summed E-state index contributed by atoms with van der Waals surface area (Å²) in [5.74, 6) is 1.81. The highest BCUT2D eigenvalue weighted by atomic mass is 16.2. The maximum absolute atomic E-state index is 13.1. The van der Waals surface area contributed by atoms with E-state index in [9.17, 15) is 4.79 Å². The van der Waals surface area contributed by atoms with Gasteiger partial charge in [0.05, 0.1) is 0 Å². The maximum Gasteiger partial charge on any atom is 0.254 e. The predicted octanol–water partition coefficient (Wildman–Crippen LogP) is 3.51. The van der Waals surface area contributed by atoms with Crippen molar-refractivity contribution >= 4 is 17.4 Å². The van der Waals surface area contributed by atoms with Gasteiger partial charge in [0.25, 0.3) is 5.91 Å². The normalized spacial score (nSPS) is 14.9. The van der Waals surface area contributed by atoms with Crippen molar-refractivity contribution in [3.8, 4) is 0 Å². The lowest BCUT2D eigenvalue weighted by Crippen LogP contribution is -2.49. The first-order valence-electron chi connectivity index (χ1n) is 9.92. The summed E-state index contributed by atoms with van der Waals surface area (Å²) in [4.78, 5) is 25.9. The predicted molar refractivity (Wildman–Crippen MR) is 114 cm³/mol. The molecule has 28 heavy (non-hydrogen) atoms. The minimum Gasteiger partial charge on any atom is -0.384 e. The van der Waals surface area contributed by atoms with Gasteiger partial charge in [-0.3, -0.25) is 4.79 Å². The van der Waals surface area contributed by atoms with E-state index in [0.717, 1.165) is 48.1 Å². The van der Waals surface area contributed by atoms with Crippen molar-refractivity contribution < 1.29 is 4.79 Å². The van der Waals surface area contributed by atoms with Gasteiger partial charge in [0, 0.05) is 50.2 Å². The lowest BCUT2D eigenvalue weighted by atomic mass is 9.96. The molecule has 1 aliphatic heterocycles. The number of nitrogens with one attached hydrogen (secondary N) is 1. The minimum atomic E-state index is 0.107. The molecule has 1 amide bonds. The van der Waals surface area contributed by atoms with Gasteiger partial charge in [0.2, 0.25) is 0 Å². The average Bonchev–Trinajstić information content (AvgIpc) is 2.66. The molecule has 1 aromatic carbocycles. The van der Waals surface area contributed by atoms with Crippen LogP contribution in [0.2, 0.25) is 0 Å². The van der Waals surface area contributed by atoms with Crippen LogP contribution in [-0.4, -0.2) is 53.5 Å². The van der Waals surface area contributed by atoms with Crippen LogP contribution in [0.5, 0.6) is 0 Å². The molecule has 1 aliphatic rings. The Morgan fingerprint density at radius 2 is 1.82 bits per heavy atom. The Kier molecular flexibility index (Phi) is 5.87. The van der Waals surface area contributed by atoms with Gasteiger partial charge in [-0.25, -0.2) is 9.97 Å². The number of carbonyl (C=O) groups excluding carboxylic acids is 1. The largest absolute Gasteiger partial charge is 0.384 e. The van der Waals surface area contributed by atoms with Gasteiger partial charge in [-0.1, -0.05) is 26.8 Å². The second-order valence-corrected chi connectivity index (χ2v) is 8.63. The van der Waals surface area contributed by atoms with E-state index >= 15 is 0 Å². The van der Waals surface area contributed by atoms with E-state index in [1.54, 1.807) is 6.20 Å². The van der Waals surface area contributed by atoms with E-state index < -0.39 is 0 Å². The Labute approximate surface area is 168 Å². The van der Waals surface area contributed by atoms with E-state index in [4.69, 9.17) is 0 Å². The first-order chi connectivity index (χ1) is 13.2. The second-order valence-electron chi connectivity index (χ2n) is 8.63. The zero-order chi connectivity index (χ0) is 20.3. The minimum absolute atomic E-state index is 0.107.